The minimum Gasteiger partial charge on any atom is -0.491 e. The lowest BCUT2D eigenvalue weighted by Gasteiger charge is -2.10. The van der Waals surface area contributed by atoms with Crippen LogP contribution in [-0.2, 0) is 11.2 Å². The summed E-state index contributed by atoms with van der Waals surface area (Å²) in [7, 11) is 0. The molecule has 0 spiro atoms. The van der Waals surface area contributed by atoms with Crippen molar-refractivity contribution >= 4 is 17.2 Å². The summed E-state index contributed by atoms with van der Waals surface area (Å²) in [6.07, 6.45) is 0.446. The molecule has 0 saturated heterocycles. The summed E-state index contributed by atoms with van der Waals surface area (Å²) in [6, 6.07) is 10.0. The van der Waals surface area contributed by atoms with Gasteiger partial charge in [-0.2, -0.15) is 0 Å². The van der Waals surface area contributed by atoms with Crippen LogP contribution in [0, 0.1) is 13.8 Å². The van der Waals surface area contributed by atoms with Crippen molar-refractivity contribution in [2.75, 3.05) is 13.2 Å². The summed E-state index contributed by atoms with van der Waals surface area (Å²) in [4.78, 5) is 12.8. The predicted octanol–water partition coefficient (Wildman–Crippen LogP) is 3.10. The lowest BCUT2D eigenvalue weighted by Crippen LogP contribution is -2.29. The molecule has 0 aliphatic carbocycles. The lowest BCUT2D eigenvalue weighted by molar-refractivity contribution is -0.120. The lowest BCUT2D eigenvalue weighted by atomic mass is 10.1. The smallest absolute Gasteiger partial charge is 0.225 e. The highest BCUT2D eigenvalue weighted by molar-refractivity contribution is 7.10. The number of thiophene rings is 1. The zero-order valence-electron chi connectivity index (χ0n) is 11.8. The van der Waals surface area contributed by atoms with Crippen molar-refractivity contribution < 1.29 is 9.53 Å². The Labute approximate surface area is 123 Å². The van der Waals surface area contributed by atoms with Crippen LogP contribution in [0.3, 0.4) is 0 Å². The van der Waals surface area contributed by atoms with Crippen LogP contribution in [0.2, 0.25) is 0 Å². The van der Waals surface area contributed by atoms with Crippen molar-refractivity contribution in [1.29, 1.82) is 0 Å². The quantitative estimate of drug-likeness (QED) is 0.830. The normalized spacial score (nSPS) is 10.3. The Bertz CT molecular complexity index is 564. The topological polar surface area (TPSA) is 38.3 Å². The first kappa shape index (κ1) is 14.6. The molecule has 0 aliphatic heterocycles. The van der Waals surface area contributed by atoms with E-state index in [1.54, 1.807) is 11.3 Å². The third-order valence-electron chi connectivity index (χ3n) is 2.94. The number of nitrogens with one attached hydrogen (secondary N) is 1. The van der Waals surface area contributed by atoms with Crippen molar-refractivity contribution in [3.05, 3.63) is 51.7 Å². The van der Waals surface area contributed by atoms with Gasteiger partial charge in [0.1, 0.15) is 12.4 Å². The molecule has 2 aromatic rings. The van der Waals surface area contributed by atoms with Gasteiger partial charge in [0.25, 0.3) is 0 Å². The van der Waals surface area contributed by atoms with Gasteiger partial charge in [-0.15, -0.1) is 11.3 Å². The van der Waals surface area contributed by atoms with Crippen LogP contribution in [0.25, 0.3) is 0 Å². The Kier molecular flexibility index (Phi) is 5.18. The van der Waals surface area contributed by atoms with Crippen LogP contribution in [0.15, 0.2) is 35.7 Å². The van der Waals surface area contributed by atoms with Gasteiger partial charge >= 0.3 is 0 Å². The van der Waals surface area contributed by atoms with Crippen LogP contribution in [0.4, 0.5) is 0 Å². The fourth-order valence-corrected chi connectivity index (χ4v) is 2.55. The average Bonchev–Trinajstić information content (AvgIpc) is 2.91. The number of amides is 1. The monoisotopic (exact) mass is 289 g/mol. The maximum atomic E-state index is 11.7. The van der Waals surface area contributed by atoms with Crippen LogP contribution < -0.4 is 10.1 Å². The van der Waals surface area contributed by atoms with Gasteiger partial charge in [0, 0.05) is 4.88 Å². The molecule has 1 aromatic heterocycles. The van der Waals surface area contributed by atoms with Crippen LogP contribution >= 0.6 is 11.3 Å². The molecule has 0 unspecified atom stereocenters. The minimum atomic E-state index is 0.0389. The molecule has 0 radical (unpaired) electrons. The predicted molar refractivity (Wildman–Crippen MR) is 82.4 cm³/mol. The van der Waals surface area contributed by atoms with E-state index in [4.69, 9.17) is 4.74 Å². The Morgan fingerprint density at radius 2 is 2.15 bits per heavy atom. The number of benzene rings is 1. The second kappa shape index (κ2) is 7.10. The van der Waals surface area contributed by atoms with Crippen molar-refractivity contribution in [2.45, 2.75) is 20.3 Å². The summed E-state index contributed by atoms with van der Waals surface area (Å²) < 4.78 is 5.69. The van der Waals surface area contributed by atoms with E-state index < -0.39 is 0 Å². The summed E-state index contributed by atoms with van der Waals surface area (Å²) in [5.41, 5.74) is 2.29. The molecule has 0 bridgehead atoms. The fourth-order valence-electron chi connectivity index (χ4n) is 1.85. The van der Waals surface area contributed by atoms with Crippen LogP contribution in [0.5, 0.6) is 5.75 Å². The van der Waals surface area contributed by atoms with Gasteiger partial charge in [-0.1, -0.05) is 18.2 Å². The molecule has 0 fully saturated rings. The highest BCUT2D eigenvalue weighted by Crippen LogP contribution is 2.18. The minimum absolute atomic E-state index is 0.0389. The van der Waals surface area contributed by atoms with Gasteiger partial charge in [-0.25, -0.2) is 0 Å². The summed E-state index contributed by atoms with van der Waals surface area (Å²) in [6.45, 7) is 5.07. The molecule has 3 nitrogen and oxygen atoms in total. The van der Waals surface area contributed by atoms with E-state index in [0.29, 0.717) is 19.6 Å². The molecular formula is C16H19NO2S. The summed E-state index contributed by atoms with van der Waals surface area (Å²) in [5, 5.41) is 4.85. The summed E-state index contributed by atoms with van der Waals surface area (Å²) in [5.74, 6) is 0.925. The maximum absolute atomic E-state index is 11.7. The zero-order chi connectivity index (χ0) is 14.4. The number of aryl methyl sites for hydroxylation is 2. The van der Waals surface area contributed by atoms with E-state index in [1.807, 2.05) is 43.5 Å². The molecule has 106 valence electrons. The Morgan fingerprint density at radius 1 is 1.30 bits per heavy atom. The van der Waals surface area contributed by atoms with Gasteiger partial charge in [-0.3, -0.25) is 4.79 Å². The molecule has 4 heteroatoms. The molecule has 0 saturated carbocycles. The molecule has 20 heavy (non-hydrogen) atoms. The molecular weight excluding hydrogens is 270 g/mol. The summed E-state index contributed by atoms with van der Waals surface area (Å²) >= 11 is 1.60. The number of rotatable bonds is 6. The van der Waals surface area contributed by atoms with E-state index in [-0.39, 0.29) is 5.91 Å². The van der Waals surface area contributed by atoms with Crippen molar-refractivity contribution in [1.82, 2.24) is 5.32 Å². The van der Waals surface area contributed by atoms with Crippen LogP contribution in [0.1, 0.15) is 16.0 Å². The van der Waals surface area contributed by atoms with E-state index in [0.717, 1.165) is 16.2 Å². The standard InChI is InChI=1S/C16H19NO2S/c1-12-5-6-13(2)15(10-12)19-8-7-17-16(18)11-14-4-3-9-20-14/h3-6,9-10H,7-8,11H2,1-2H3,(H,17,18). The van der Waals surface area contributed by atoms with Gasteiger partial charge < -0.3 is 10.1 Å². The largest absolute Gasteiger partial charge is 0.491 e. The molecule has 0 atom stereocenters. The van der Waals surface area contributed by atoms with Crippen molar-refractivity contribution in [3.63, 3.8) is 0 Å². The third kappa shape index (κ3) is 4.38. The molecule has 0 aliphatic rings. The zero-order valence-corrected chi connectivity index (χ0v) is 12.6. The second-order valence-electron chi connectivity index (χ2n) is 4.72. The van der Waals surface area contributed by atoms with Gasteiger partial charge in [0.2, 0.25) is 5.91 Å². The van der Waals surface area contributed by atoms with Gasteiger partial charge in [0.05, 0.1) is 13.0 Å². The van der Waals surface area contributed by atoms with Crippen molar-refractivity contribution in [3.8, 4) is 5.75 Å². The molecule has 2 rings (SSSR count). The number of hydrogen-bond acceptors (Lipinski definition) is 3. The van der Waals surface area contributed by atoms with E-state index in [1.165, 1.54) is 5.56 Å². The third-order valence-corrected chi connectivity index (χ3v) is 3.82. The average molecular weight is 289 g/mol. The van der Waals surface area contributed by atoms with Crippen LogP contribution in [-0.4, -0.2) is 19.1 Å². The maximum Gasteiger partial charge on any atom is 0.225 e. The SMILES string of the molecule is Cc1ccc(C)c(OCCNC(=O)Cc2cccs2)c1. The van der Waals surface area contributed by atoms with Gasteiger partial charge in [0.15, 0.2) is 0 Å². The number of ether oxygens (including phenoxy) is 1. The van der Waals surface area contributed by atoms with E-state index in [2.05, 4.69) is 11.4 Å². The molecule has 1 aromatic carbocycles. The van der Waals surface area contributed by atoms with E-state index in [9.17, 15) is 4.79 Å². The number of carbonyl (C=O) groups excluding carboxylic acids is 1. The first-order valence-corrected chi connectivity index (χ1v) is 7.52. The number of hydrogen-bond donors (Lipinski definition) is 1. The van der Waals surface area contributed by atoms with Crippen molar-refractivity contribution in [2.24, 2.45) is 0 Å². The van der Waals surface area contributed by atoms with Gasteiger partial charge in [-0.05, 0) is 42.5 Å². The Hall–Kier alpha value is -1.81. The highest BCUT2D eigenvalue weighted by Gasteiger charge is 2.04. The molecule has 1 amide bonds. The Morgan fingerprint density at radius 3 is 2.90 bits per heavy atom. The fraction of sp³-hybridized carbons (Fsp3) is 0.312. The molecule has 1 heterocycles. The number of carbonyl (C=O) groups is 1. The second-order valence-corrected chi connectivity index (χ2v) is 5.76. The molecule has 1 N–H and O–H groups in total. The first-order valence-electron chi connectivity index (χ1n) is 6.64. The first-order chi connectivity index (χ1) is 9.65. The van der Waals surface area contributed by atoms with E-state index >= 15 is 0 Å². The Balaban J connectivity index is 1.71. The highest BCUT2D eigenvalue weighted by atomic mass is 32.1.